The minimum absolute atomic E-state index is 0.0818. The Labute approximate surface area is 261 Å². The highest BCUT2D eigenvalue weighted by Crippen LogP contribution is 2.26. The molecule has 1 N–H and O–H groups in total. The van der Waals surface area contributed by atoms with Crippen molar-refractivity contribution in [3.63, 3.8) is 0 Å². The Morgan fingerprint density at radius 3 is 1.91 bits per heavy atom. The van der Waals surface area contributed by atoms with E-state index < -0.39 is 34.1 Å². The van der Waals surface area contributed by atoms with Crippen LogP contribution in [0.15, 0.2) is 114 Å². The van der Waals surface area contributed by atoms with Gasteiger partial charge in [0.15, 0.2) is 0 Å². The molecule has 1 atom stereocenters. The maximum absolute atomic E-state index is 14.5. The molecule has 0 radical (unpaired) electrons. The van der Waals surface area contributed by atoms with Crippen LogP contribution in [0.2, 0.25) is 0 Å². The molecule has 0 saturated heterocycles. The van der Waals surface area contributed by atoms with Crippen LogP contribution in [0.1, 0.15) is 43.0 Å². The number of amides is 2. The molecule has 0 saturated carbocycles. The lowest BCUT2D eigenvalue weighted by Gasteiger charge is -2.35. The van der Waals surface area contributed by atoms with Gasteiger partial charge in [0.2, 0.25) is 11.8 Å². The average Bonchev–Trinajstić information content (AvgIpc) is 2.98. The van der Waals surface area contributed by atoms with Crippen molar-refractivity contribution < 1.29 is 18.0 Å². The quantitative estimate of drug-likeness (QED) is 0.224. The average molecular weight is 612 g/mol. The van der Waals surface area contributed by atoms with Crippen LogP contribution in [0.4, 0.5) is 5.69 Å². The van der Waals surface area contributed by atoms with Gasteiger partial charge in [0, 0.05) is 18.5 Å². The van der Waals surface area contributed by atoms with Gasteiger partial charge in [-0.2, -0.15) is 0 Å². The standard InChI is InChI=1S/C36H41N3O4S/c1-27-19-21-32(22-20-27)44(42,43)39(31-18-12-13-28(2)23-31)26-34(40)38(25-30-16-10-7-11-17-30)33(35(41)37-36(3,4)5)24-29-14-8-6-9-15-29/h6-23,33H,24-26H2,1-5H3,(H,37,41)/t33-/m0/s1. The van der Waals surface area contributed by atoms with Crippen molar-refractivity contribution in [2.45, 2.75) is 64.1 Å². The van der Waals surface area contributed by atoms with Gasteiger partial charge in [-0.25, -0.2) is 8.42 Å². The van der Waals surface area contributed by atoms with Crippen LogP contribution in [0.25, 0.3) is 0 Å². The molecule has 0 unspecified atom stereocenters. The molecule has 0 spiro atoms. The first kappa shape index (κ1) is 32.5. The van der Waals surface area contributed by atoms with Gasteiger partial charge in [0.05, 0.1) is 10.6 Å². The van der Waals surface area contributed by atoms with Crippen molar-refractivity contribution in [2.75, 3.05) is 10.8 Å². The maximum Gasteiger partial charge on any atom is 0.264 e. The lowest BCUT2D eigenvalue weighted by Crippen LogP contribution is -2.56. The molecule has 0 aliphatic heterocycles. The van der Waals surface area contributed by atoms with Crippen LogP contribution < -0.4 is 9.62 Å². The van der Waals surface area contributed by atoms with Crippen LogP contribution in [0.5, 0.6) is 0 Å². The van der Waals surface area contributed by atoms with Gasteiger partial charge in [-0.3, -0.25) is 13.9 Å². The lowest BCUT2D eigenvalue weighted by molar-refractivity contribution is -0.140. The zero-order chi connectivity index (χ0) is 31.9. The second-order valence-electron chi connectivity index (χ2n) is 12.1. The highest BCUT2D eigenvalue weighted by molar-refractivity contribution is 7.92. The number of anilines is 1. The molecule has 4 aromatic carbocycles. The van der Waals surface area contributed by atoms with Crippen molar-refractivity contribution in [3.05, 3.63) is 131 Å². The number of aryl methyl sites for hydroxylation is 2. The van der Waals surface area contributed by atoms with E-state index in [1.807, 2.05) is 101 Å². The molecule has 230 valence electrons. The predicted molar refractivity (Wildman–Crippen MR) is 176 cm³/mol. The number of benzene rings is 4. The van der Waals surface area contributed by atoms with Crippen LogP contribution in [0, 0.1) is 13.8 Å². The van der Waals surface area contributed by atoms with E-state index in [-0.39, 0.29) is 23.8 Å². The van der Waals surface area contributed by atoms with Crippen molar-refractivity contribution >= 4 is 27.5 Å². The van der Waals surface area contributed by atoms with Crippen LogP contribution in [-0.4, -0.2) is 43.3 Å². The van der Waals surface area contributed by atoms with E-state index in [1.165, 1.54) is 4.90 Å². The molecular formula is C36H41N3O4S. The van der Waals surface area contributed by atoms with Gasteiger partial charge in [0.1, 0.15) is 12.6 Å². The number of sulfonamides is 1. The van der Waals surface area contributed by atoms with Crippen molar-refractivity contribution in [1.29, 1.82) is 0 Å². The fourth-order valence-electron chi connectivity index (χ4n) is 4.94. The largest absolute Gasteiger partial charge is 0.350 e. The van der Waals surface area contributed by atoms with E-state index in [0.29, 0.717) is 5.69 Å². The molecule has 0 fully saturated rings. The number of hydrogen-bond acceptors (Lipinski definition) is 4. The first-order chi connectivity index (χ1) is 20.8. The smallest absolute Gasteiger partial charge is 0.264 e. The summed E-state index contributed by atoms with van der Waals surface area (Å²) in [7, 11) is -4.14. The summed E-state index contributed by atoms with van der Waals surface area (Å²) in [6.45, 7) is 9.07. The van der Waals surface area contributed by atoms with E-state index in [1.54, 1.807) is 42.5 Å². The third kappa shape index (κ3) is 8.57. The van der Waals surface area contributed by atoms with Gasteiger partial charge < -0.3 is 10.2 Å². The Kier molecular flexibility index (Phi) is 10.3. The number of hydrogen-bond donors (Lipinski definition) is 1. The van der Waals surface area contributed by atoms with E-state index in [2.05, 4.69) is 5.32 Å². The molecular weight excluding hydrogens is 570 g/mol. The third-order valence-electron chi connectivity index (χ3n) is 7.14. The Bertz CT molecular complexity index is 1670. The van der Waals surface area contributed by atoms with E-state index in [4.69, 9.17) is 0 Å². The molecule has 0 bridgehead atoms. The Morgan fingerprint density at radius 2 is 1.34 bits per heavy atom. The summed E-state index contributed by atoms with van der Waals surface area (Å²) in [5.74, 6) is -0.801. The molecule has 0 aliphatic carbocycles. The van der Waals surface area contributed by atoms with Gasteiger partial charge in [-0.1, -0.05) is 90.5 Å². The highest BCUT2D eigenvalue weighted by Gasteiger charge is 2.35. The van der Waals surface area contributed by atoms with E-state index >= 15 is 0 Å². The maximum atomic E-state index is 14.5. The Balaban J connectivity index is 1.80. The third-order valence-corrected chi connectivity index (χ3v) is 8.93. The molecule has 0 aliphatic rings. The van der Waals surface area contributed by atoms with Crippen LogP contribution in [-0.2, 0) is 32.6 Å². The van der Waals surface area contributed by atoms with Crippen molar-refractivity contribution in [1.82, 2.24) is 10.2 Å². The minimum atomic E-state index is -4.14. The molecule has 44 heavy (non-hydrogen) atoms. The Hall–Kier alpha value is -4.43. The summed E-state index contributed by atoms with van der Waals surface area (Å²) >= 11 is 0. The number of nitrogens with one attached hydrogen (secondary N) is 1. The second-order valence-corrected chi connectivity index (χ2v) is 14.0. The van der Waals surface area contributed by atoms with Gasteiger partial charge in [0.25, 0.3) is 10.0 Å². The molecule has 4 aromatic rings. The molecule has 7 nitrogen and oxygen atoms in total. The predicted octanol–water partition coefficient (Wildman–Crippen LogP) is 6.05. The summed E-state index contributed by atoms with van der Waals surface area (Å²) in [6, 6.07) is 31.7. The Morgan fingerprint density at radius 1 is 0.750 bits per heavy atom. The minimum Gasteiger partial charge on any atom is -0.350 e. The fraction of sp³-hybridized carbons (Fsp3) is 0.278. The van der Waals surface area contributed by atoms with E-state index in [0.717, 1.165) is 26.6 Å². The van der Waals surface area contributed by atoms with E-state index in [9.17, 15) is 18.0 Å². The summed E-state index contributed by atoms with van der Waals surface area (Å²) < 4.78 is 29.4. The fourth-order valence-corrected chi connectivity index (χ4v) is 6.34. The molecule has 2 amide bonds. The second kappa shape index (κ2) is 13.9. The van der Waals surface area contributed by atoms with Crippen LogP contribution >= 0.6 is 0 Å². The normalized spacial score (nSPS) is 12.3. The number of nitrogens with zero attached hydrogens (tertiary/aromatic N) is 2. The monoisotopic (exact) mass is 611 g/mol. The van der Waals surface area contributed by atoms with Gasteiger partial charge in [-0.05, 0) is 75.6 Å². The number of carbonyl (C=O) groups excluding carboxylic acids is 2. The SMILES string of the molecule is Cc1ccc(S(=O)(=O)N(CC(=O)N(Cc2ccccc2)[C@@H](Cc2ccccc2)C(=O)NC(C)(C)C)c2cccc(C)c2)cc1. The summed E-state index contributed by atoms with van der Waals surface area (Å²) in [5.41, 5.74) is 3.31. The van der Waals surface area contributed by atoms with Crippen molar-refractivity contribution in [2.24, 2.45) is 0 Å². The summed E-state index contributed by atoms with van der Waals surface area (Å²) in [4.78, 5) is 30.0. The number of carbonyl (C=O) groups is 2. The number of rotatable bonds is 11. The summed E-state index contributed by atoms with van der Waals surface area (Å²) in [5, 5.41) is 3.05. The molecule has 0 heterocycles. The van der Waals surface area contributed by atoms with Gasteiger partial charge >= 0.3 is 0 Å². The van der Waals surface area contributed by atoms with Crippen molar-refractivity contribution in [3.8, 4) is 0 Å². The first-order valence-corrected chi connectivity index (χ1v) is 16.1. The van der Waals surface area contributed by atoms with Crippen LogP contribution in [0.3, 0.4) is 0 Å². The molecule has 0 aromatic heterocycles. The zero-order valence-electron chi connectivity index (χ0n) is 26.0. The summed E-state index contributed by atoms with van der Waals surface area (Å²) in [6.07, 6.45) is 0.260. The first-order valence-electron chi connectivity index (χ1n) is 14.7. The molecule has 4 rings (SSSR count). The molecule has 8 heteroatoms. The van der Waals surface area contributed by atoms with Gasteiger partial charge in [-0.15, -0.1) is 0 Å². The topological polar surface area (TPSA) is 86.8 Å². The highest BCUT2D eigenvalue weighted by atomic mass is 32.2. The lowest BCUT2D eigenvalue weighted by atomic mass is 10.0. The zero-order valence-corrected chi connectivity index (χ0v) is 26.8.